The zero-order chi connectivity index (χ0) is 13.0. The number of thiazole rings is 1. The molecule has 2 heterocycles. The normalized spacial score (nSPS) is 10.6. The minimum Gasteiger partial charge on any atom is -0.461 e. The molecule has 0 saturated carbocycles. The van der Waals surface area contributed by atoms with E-state index in [0.29, 0.717) is 18.8 Å². The van der Waals surface area contributed by atoms with Crippen molar-refractivity contribution in [2.24, 2.45) is 5.73 Å². The van der Waals surface area contributed by atoms with Gasteiger partial charge in [-0.3, -0.25) is 4.98 Å². The van der Waals surface area contributed by atoms with Gasteiger partial charge in [0.2, 0.25) is 0 Å². The molecule has 0 fully saturated rings. The van der Waals surface area contributed by atoms with E-state index in [0.717, 1.165) is 4.88 Å². The highest BCUT2D eigenvalue weighted by Crippen LogP contribution is 2.12. The molecule has 0 aliphatic rings. The van der Waals surface area contributed by atoms with Gasteiger partial charge in [0, 0.05) is 17.6 Å². The van der Waals surface area contributed by atoms with Crippen LogP contribution in [-0.4, -0.2) is 32.6 Å². The van der Waals surface area contributed by atoms with Gasteiger partial charge in [-0.2, -0.15) is 0 Å². The van der Waals surface area contributed by atoms with Crippen molar-refractivity contribution in [2.75, 3.05) is 6.61 Å². The number of carbonyl (C=O) groups excluding carboxylic acids is 1. The van der Waals surface area contributed by atoms with Crippen molar-refractivity contribution in [3.63, 3.8) is 0 Å². The Kier molecular flexibility index (Phi) is 4.00. The first-order chi connectivity index (χ1) is 8.76. The minimum atomic E-state index is -0.492. The molecule has 7 nitrogen and oxygen atoms in total. The van der Waals surface area contributed by atoms with Gasteiger partial charge in [0.05, 0.1) is 24.4 Å². The molecule has 2 N–H and O–H groups in total. The zero-order valence-electron chi connectivity index (χ0n) is 9.87. The van der Waals surface area contributed by atoms with E-state index in [1.165, 1.54) is 11.3 Å². The predicted molar refractivity (Wildman–Crippen MR) is 65.1 cm³/mol. The van der Waals surface area contributed by atoms with Gasteiger partial charge in [-0.1, -0.05) is 5.21 Å². The third-order valence-electron chi connectivity index (χ3n) is 2.29. The van der Waals surface area contributed by atoms with E-state index in [2.05, 4.69) is 15.3 Å². The molecule has 8 heteroatoms. The summed E-state index contributed by atoms with van der Waals surface area (Å²) in [5.74, 6) is -0.492. The van der Waals surface area contributed by atoms with Gasteiger partial charge in [-0.25, -0.2) is 9.48 Å². The van der Waals surface area contributed by atoms with Crippen LogP contribution in [0.3, 0.4) is 0 Å². The summed E-state index contributed by atoms with van der Waals surface area (Å²) in [7, 11) is 0. The number of aromatic nitrogens is 4. The molecule has 0 saturated heterocycles. The van der Waals surface area contributed by atoms with Crippen molar-refractivity contribution < 1.29 is 9.53 Å². The van der Waals surface area contributed by atoms with Gasteiger partial charge < -0.3 is 10.5 Å². The number of nitrogens with zero attached hydrogens (tertiary/aromatic N) is 4. The van der Waals surface area contributed by atoms with Crippen molar-refractivity contribution in [3.8, 4) is 0 Å². The fourth-order valence-corrected chi connectivity index (χ4v) is 2.06. The molecule has 0 amide bonds. The van der Waals surface area contributed by atoms with Crippen LogP contribution >= 0.6 is 11.3 Å². The largest absolute Gasteiger partial charge is 0.461 e. The highest BCUT2D eigenvalue weighted by atomic mass is 32.1. The highest BCUT2D eigenvalue weighted by molar-refractivity contribution is 7.09. The SMILES string of the molecule is CCOC(=O)c1nnn(Cc2cncs2)c1CN. The summed E-state index contributed by atoms with van der Waals surface area (Å²) in [6.07, 6.45) is 1.75. The second-order valence-electron chi connectivity index (χ2n) is 3.43. The molecular weight excluding hydrogens is 254 g/mol. The molecule has 0 spiro atoms. The third-order valence-corrected chi connectivity index (χ3v) is 3.05. The summed E-state index contributed by atoms with van der Waals surface area (Å²) in [4.78, 5) is 16.6. The first-order valence-corrected chi connectivity index (χ1v) is 6.31. The van der Waals surface area contributed by atoms with E-state index in [1.807, 2.05) is 0 Å². The molecule has 0 unspecified atom stereocenters. The summed E-state index contributed by atoms with van der Waals surface area (Å²) in [5.41, 5.74) is 8.13. The van der Waals surface area contributed by atoms with Crippen LogP contribution in [0.15, 0.2) is 11.7 Å². The van der Waals surface area contributed by atoms with Gasteiger partial charge in [0.15, 0.2) is 5.69 Å². The minimum absolute atomic E-state index is 0.181. The van der Waals surface area contributed by atoms with E-state index in [4.69, 9.17) is 10.5 Å². The maximum atomic E-state index is 11.6. The van der Waals surface area contributed by atoms with E-state index in [1.54, 1.807) is 23.3 Å². The van der Waals surface area contributed by atoms with Crippen LogP contribution in [0.25, 0.3) is 0 Å². The third kappa shape index (κ3) is 2.54. The Labute approximate surface area is 108 Å². The molecule has 0 aliphatic heterocycles. The lowest BCUT2D eigenvalue weighted by Gasteiger charge is -2.04. The Morgan fingerprint density at radius 3 is 3.06 bits per heavy atom. The fraction of sp³-hybridized carbons (Fsp3) is 0.400. The van der Waals surface area contributed by atoms with Gasteiger partial charge >= 0.3 is 5.97 Å². The lowest BCUT2D eigenvalue weighted by atomic mass is 10.3. The number of hydrogen-bond donors (Lipinski definition) is 1. The number of hydrogen-bond acceptors (Lipinski definition) is 7. The van der Waals surface area contributed by atoms with Crippen LogP contribution in [0.4, 0.5) is 0 Å². The number of ether oxygens (including phenoxy) is 1. The fourth-order valence-electron chi connectivity index (χ4n) is 1.49. The molecule has 0 bridgehead atoms. The summed E-state index contributed by atoms with van der Waals surface area (Å²) < 4.78 is 6.50. The van der Waals surface area contributed by atoms with E-state index < -0.39 is 5.97 Å². The zero-order valence-corrected chi connectivity index (χ0v) is 10.7. The van der Waals surface area contributed by atoms with Crippen molar-refractivity contribution in [3.05, 3.63) is 28.0 Å². The van der Waals surface area contributed by atoms with Crippen molar-refractivity contribution in [1.29, 1.82) is 0 Å². The Balaban J connectivity index is 2.24. The quantitative estimate of drug-likeness (QED) is 0.789. The number of nitrogens with two attached hydrogens (primary N) is 1. The molecule has 0 radical (unpaired) electrons. The van der Waals surface area contributed by atoms with E-state index in [-0.39, 0.29) is 12.2 Å². The molecule has 2 aromatic heterocycles. The summed E-state index contributed by atoms with van der Waals surface area (Å²) in [5, 5.41) is 7.76. The molecule has 2 aromatic rings. The maximum Gasteiger partial charge on any atom is 0.360 e. The van der Waals surface area contributed by atoms with Crippen molar-refractivity contribution in [2.45, 2.75) is 20.0 Å². The lowest BCUT2D eigenvalue weighted by molar-refractivity contribution is 0.0518. The molecule has 2 rings (SSSR count). The standard InChI is InChI=1S/C10H13N5O2S/c1-2-17-10(16)9-8(3-11)15(14-13-9)5-7-4-12-6-18-7/h4,6H,2-3,5,11H2,1H3. The first-order valence-electron chi connectivity index (χ1n) is 5.43. The van der Waals surface area contributed by atoms with E-state index >= 15 is 0 Å². The number of esters is 1. The maximum absolute atomic E-state index is 11.6. The van der Waals surface area contributed by atoms with Crippen molar-refractivity contribution >= 4 is 17.3 Å². The van der Waals surface area contributed by atoms with Crippen LogP contribution in [0.2, 0.25) is 0 Å². The molecule has 0 aromatic carbocycles. The monoisotopic (exact) mass is 267 g/mol. The molecule has 0 aliphatic carbocycles. The molecule has 96 valence electrons. The van der Waals surface area contributed by atoms with E-state index in [9.17, 15) is 4.79 Å². The highest BCUT2D eigenvalue weighted by Gasteiger charge is 2.19. The van der Waals surface area contributed by atoms with Crippen LogP contribution < -0.4 is 5.73 Å². The topological polar surface area (TPSA) is 95.9 Å². The second kappa shape index (κ2) is 5.69. The van der Waals surface area contributed by atoms with Crippen molar-refractivity contribution in [1.82, 2.24) is 20.0 Å². The van der Waals surface area contributed by atoms with Gasteiger partial charge in [-0.15, -0.1) is 16.4 Å². The van der Waals surface area contributed by atoms with Gasteiger partial charge in [0.25, 0.3) is 0 Å². The van der Waals surface area contributed by atoms with Crippen LogP contribution in [-0.2, 0) is 17.8 Å². The Morgan fingerprint density at radius 2 is 2.44 bits per heavy atom. The second-order valence-corrected chi connectivity index (χ2v) is 4.41. The lowest BCUT2D eigenvalue weighted by Crippen LogP contribution is -2.14. The van der Waals surface area contributed by atoms with Gasteiger partial charge in [-0.05, 0) is 6.92 Å². The summed E-state index contributed by atoms with van der Waals surface area (Å²) in [6, 6.07) is 0. The average Bonchev–Trinajstić information content (AvgIpc) is 2.99. The number of carbonyl (C=O) groups is 1. The smallest absolute Gasteiger partial charge is 0.360 e. The number of rotatable bonds is 5. The Morgan fingerprint density at radius 1 is 1.61 bits per heavy atom. The van der Waals surface area contributed by atoms with Crippen LogP contribution in [0.1, 0.15) is 28.0 Å². The molecule has 0 atom stereocenters. The van der Waals surface area contributed by atoms with Gasteiger partial charge in [0.1, 0.15) is 0 Å². The molecule has 18 heavy (non-hydrogen) atoms. The summed E-state index contributed by atoms with van der Waals surface area (Å²) >= 11 is 1.51. The average molecular weight is 267 g/mol. The molecular formula is C10H13N5O2S. The van der Waals surface area contributed by atoms with Crippen LogP contribution in [0.5, 0.6) is 0 Å². The predicted octanol–water partition coefficient (Wildman–Crippen LogP) is 0.418. The van der Waals surface area contributed by atoms with Crippen LogP contribution in [0, 0.1) is 0 Å². The summed E-state index contributed by atoms with van der Waals surface area (Å²) in [6.45, 7) is 2.72. The Hall–Kier alpha value is -1.80. The Bertz CT molecular complexity index is 522. The first kappa shape index (κ1) is 12.7.